The Morgan fingerprint density at radius 1 is 1.47 bits per heavy atom. The first kappa shape index (κ1) is 9.91. The van der Waals surface area contributed by atoms with Gasteiger partial charge in [-0.25, -0.2) is 0 Å². The summed E-state index contributed by atoms with van der Waals surface area (Å²) in [5.41, 5.74) is 0.591. The normalized spacial score (nSPS) is 18.1. The van der Waals surface area contributed by atoms with Crippen molar-refractivity contribution in [2.24, 2.45) is 0 Å². The number of aromatic amines is 1. The van der Waals surface area contributed by atoms with E-state index in [1.165, 1.54) is 6.20 Å². The molecule has 2 heterocycles. The Hall–Kier alpha value is -1.63. The molecule has 1 fully saturated rings. The van der Waals surface area contributed by atoms with E-state index in [9.17, 15) is 10.1 Å². The van der Waals surface area contributed by atoms with Crippen molar-refractivity contribution < 1.29 is 4.92 Å². The number of hydrogen-bond donors (Lipinski definition) is 1. The third-order valence-electron chi connectivity index (χ3n) is 2.63. The summed E-state index contributed by atoms with van der Waals surface area (Å²) in [5.74, 6) is -0.0143. The van der Waals surface area contributed by atoms with Gasteiger partial charge in [-0.3, -0.25) is 0 Å². The molecule has 7 heteroatoms. The molecular formula is C8H13N5O2. The maximum absolute atomic E-state index is 10.7. The van der Waals surface area contributed by atoms with Crippen molar-refractivity contribution in [2.75, 3.05) is 38.1 Å². The average Bonchev–Trinajstić information content (AvgIpc) is 2.67. The Balaban J connectivity index is 2.15. The van der Waals surface area contributed by atoms with Crippen LogP contribution in [0.25, 0.3) is 0 Å². The highest BCUT2D eigenvalue weighted by Gasteiger charge is 2.23. The van der Waals surface area contributed by atoms with E-state index in [4.69, 9.17) is 0 Å². The van der Waals surface area contributed by atoms with Crippen LogP contribution in [0.1, 0.15) is 0 Å². The Morgan fingerprint density at radius 2 is 2.13 bits per heavy atom. The molecule has 0 saturated carbocycles. The maximum atomic E-state index is 10.7. The van der Waals surface area contributed by atoms with Crippen LogP contribution in [0.5, 0.6) is 0 Å². The molecule has 1 aliphatic heterocycles. The van der Waals surface area contributed by atoms with Gasteiger partial charge in [0.25, 0.3) is 0 Å². The maximum Gasteiger partial charge on any atom is 0.366 e. The monoisotopic (exact) mass is 211 g/mol. The minimum atomic E-state index is -0.430. The van der Waals surface area contributed by atoms with Gasteiger partial charge in [-0.2, -0.15) is 0 Å². The van der Waals surface area contributed by atoms with Crippen LogP contribution in [-0.2, 0) is 0 Å². The van der Waals surface area contributed by atoms with E-state index in [1.807, 2.05) is 11.9 Å². The fourth-order valence-corrected chi connectivity index (χ4v) is 1.69. The Labute approximate surface area is 86.8 Å². The molecule has 0 spiro atoms. The Morgan fingerprint density at radius 3 is 2.73 bits per heavy atom. The van der Waals surface area contributed by atoms with Gasteiger partial charge in [0.1, 0.15) is 6.20 Å². The van der Waals surface area contributed by atoms with Crippen molar-refractivity contribution in [3.05, 3.63) is 16.3 Å². The van der Waals surface area contributed by atoms with Crippen molar-refractivity contribution in [1.29, 1.82) is 0 Å². The second kappa shape index (κ2) is 3.85. The van der Waals surface area contributed by atoms with E-state index in [1.54, 1.807) is 0 Å². The highest BCUT2D eigenvalue weighted by molar-refractivity contribution is 5.58. The molecule has 7 nitrogen and oxygen atoms in total. The smallest absolute Gasteiger partial charge is 0.361 e. The quantitative estimate of drug-likeness (QED) is 0.553. The van der Waals surface area contributed by atoms with E-state index in [0.717, 1.165) is 26.2 Å². The molecule has 0 aromatic carbocycles. The number of nitro groups is 1. The number of nitrogens with zero attached hydrogens (tertiary/aromatic N) is 4. The van der Waals surface area contributed by atoms with Gasteiger partial charge in [0.15, 0.2) is 5.69 Å². The zero-order chi connectivity index (χ0) is 10.8. The van der Waals surface area contributed by atoms with Gasteiger partial charge >= 0.3 is 5.82 Å². The molecule has 0 bridgehead atoms. The van der Waals surface area contributed by atoms with Crippen molar-refractivity contribution in [3.63, 3.8) is 0 Å². The summed E-state index contributed by atoms with van der Waals surface area (Å²) in [5, 5.41) is 16.8. The summed E-state index contributed by atoms with van der Waals surface area (Å²) in [4.78, 5) is 14.4. The van der Waals surface area contributed by atoms with Crippen LogP contribution < -0.4 is 4.90 Å². The molecule has 0 aliphatic carbocycles. The lowest BCUT2D eigenvalue weighted by Gasteiger charge is -2.32. The van der Waals surface area contributed by atoms with Crippen LogP contribution in [0.3, 0.4) is 0 Å². The highest BCUT2D eigenvalue weighted by atomic mass is 16.6. The summed E-state index contributed by atoms with van der Waals surface area (Å²) in [6.45, 7) is 3.44. The second-order valence-electron chi connectivity index (χ2n) is 3.65. The molecule has 1 aliphatic rings. The number of aromatic nitrogens is 2. The average molecular weight is 211 g/mol. The first-order valence-electron chi connectivity index (χ1n) is 4.79. The topological polar surface area (TPSA) is 78.3 Å². The zero-order valence-electron chi connectivity index (χ0n) is 8.51. The number of H-pyrrole nitrogens is 1. The van der Waals surface area contributed by atoms with E-state index >= 15 is 0 Å². The first-order valence-corrected chi connectivity index (χ1v) is 4.79. The van der Waals surface area contributed by atoms with Crippen LogP contribution in [0.2, 0.25) is 0 Å². The van der Waals surface area contributed by atoms with Crippen LogP contribution in [0, 0.1) is 10.1 Å². The molecule has 1 saturated heterocycles. The van der Waals surface area contributed by atoms with Gasteiger partial charge in [0.05, 0.1) is 0 Å². The fourth-order valence-electron chi connectivity index (χ4n) is 1.69. The number of likely N-dealkylation sites (N-methyl/N-ethyl adjacent to an activating group) is 1. The highest BCUT2D eigenvalue weighted by Crippen LogP contribution is 2.25. The van der Waals surface area contributed by atoms with Gasteiger partial charge in [-0.1, -0.05) is 5.10 Å². The molecule has 2 rings (SSSR count). The van der Waals surface area contributed by atoms with E-state index < -0.39 is 4.92 Å². The summed E-state index contributed by atoms with van der Waals surface area (Å²) in [6, 6.07) is 0. The van der Waals surface area contributed by atoms with E-state index in [-0.39, 0.29) is 5.82 Å². The number of rotatable bonds is 2. The van der Waals surface area contributed by atoms with Gasteiger partial charge in [-0.15, -0.1) is 5.10 Å². The number of nitrogens with one attached hydrogen (secondary N) is 1. The number of hydrogen-bond acceptors (Lipinski definition) is 5. The SMILES string of the molecule is CN1CCN(c2cn[nH]c2[N+](=O)[O-])CC1. The van der Waals surface area contributed by atoms with Crippen LogP contribution in [0.4, 0.5) is 11.5 Å². The minimum absolute atomic E-state index is 0.0143. The predicted molar refractivity (Wildman–Crippen MR) is 55.0 cm³/mol. The molecule has 15 heavy (non-hydrogen) atoms. The molecule has 0 radical (unpaired) electrons. The number of piperazine rings is 1. The predicted octanol–water partition coefficient (Wildman–Crippen LogP) is 0.0697. The van der Waals surface area contributed by atoms with Crippen LogP contribution >= 0.6 is 0 Å². The molecule has 1 aromatic rings. The van der Waals surface area contributed by atoms with Gasteiger partial charge in [0.2, 0.25) is 0 Å². The zero-order valence-corrected chi connectivity index (χ0v) is 8.51. The van der Waals surface area contributed by atoms with E-state index in [0.29, 0.717) is 5.69 Å². The summed E-state index contributed by atoms with van der Waals surface area (Å²) in [6.07, 6.45) is 1.52. The molecule has 0 atom stereocenters. The van der Waals surface area contributed by atoms with Crippen LogP contribution in [-0.4, -0.2) is 53.2 Å². The first-order chi connectivity index (χ1) is 7.18. The summed E-state index contributed by atoms with van der Waals surface area (Å²) < 4.78 is 0. The lowest BCUT2D eigenvalue weighted by Crippen LogP contribution is -2.44. The van der Waals surface area contributed by atoms with E-state index in [2.05, 4.69) is 15.1 Å². The molecule has 82 valence electrons. The largest absolute Gasteiger partial charge is 0.366 e. The minimum Gasteiger partial charge on any atom is -0.361 e. The van der Waals surface area contributed by atoms with Gasteiger partial charge < -0.3 is 19.9 Å². The van der Waals surface area contributed by atoms with Crippen molar-refractivity contribution in [2.45, 2.75) is 0 Å². The number of anilines is 1. The Kier molecular flexibility index (Phi) is 2.55. The Bertz CT molecular complexity index is 356. The second-order valence-corrected chi connectivity index (χ2v) is 3.65. The third-order valence-corrected chi connectivity index (χ3v) is 2.63. The molecule has 0 amide bonds. The van der Waals surface area contributed by atoms with Crippen molar-refractivity contribution in [3.8, 4) is 0 Å². The summed E-state index contributed by atoms with van der Waals surface area (Å²) in [7, 11) is 2.04. The van der Waals surface area contributed by atoms with Crippen molar-refractivity contribution in [1.82, 2.24) is 15.1 Å². The lowest BCUT2D eigenvalue weighted by atomic mass is 10.3. The summed E-state index contributed by atoms with van der Waals surface area (Å²) >= 11 is 0. The molecule has 1 aromatic heterocycles. The lowest BCUT2D eigenvalue weighted by molar-refractivity contribution is -0.388. The van der Waals surface area contributed by atoms with Crippen LogP contribution in [0.15, 0.2) is 6.20 Å². The fraction of sp³-hybridized carbons (Fsp3) is 0.625. The van der Waals surface area contributed by atoms with Gasteiger partial charge in [-0.05, 0) is 12.0 Å². The molecular weight excluding hydrogens is 198 g/mol. The van der Waals surface area contributed by atoms with Gasteiger partial charge in [0, 0.05) is 26.2 Å². The third kappa shape index (κ3) is 1.91. The molecule has 0 unspecified atom stereocenters. The van der Waals surface area contributed by atoms with Crippen molar-refractivity contribution >= 4 is 11.5 Å². The standard InChI is InChI=1S/C8H13N5O2/c1-11-2-4-12(5-3-11)7-6-9-10-8(7)13(14)15/h6H,2-5H2,1H3,(H,9,10). The molecule has 1 N–H and O–H groups in total.